The molecule has 1 aromatic rings. The van der Waals surface area contributed by atoms with Crippen LogP contribution in [0.15, 0.2) is 18.2 Å². The predicted octanol–water partition coefficient (Wildman–Crippen LogP) is 4.37. The quantitative estimate of drug-likeness (QED) is 0.740. The van der Waals surface area contributed by atoms with Crippen molar-refractivity contribution in [3.05, 3.63) is 33.8 Å². The molecule has 1 nitrogen and oxygen atoms in total. The normalized spacial score (nSPS) is 32.5. The van der Waals surface area contributed by atoms with Crippen molar-refractivity contribution < 1.29 is 0 Å². The van der Waals surface area contributed by atoms with Gasteiger partial charge >= 0.3 is 0 Å². The summed E-state index contributed by atoms with van der Waals surface area (Å²) in [5.41, 5.74) is 1.72. The number of hydrogen-bond acceptors (Lipinski definition) is 1. The Hall–Kier alpha value is -0.240. The number of halogens is 2. The number of hydrogen-bond donors (Lipinski definition) is 0. The van der Waals surface area contributed by atoms with Crippen LogP contribution in [0.5, 0.6) is 0 Å². The summed E-state index contributed by atoms with van der Waals surface area (Å²) in [5, 5.41) is 1.36. The summed E-state index contributed by atoms with van der Waals surface area (Å²) in [4.78, 5) is 2.47. The molecule has 2 fully saturated rings. The third kappa shape index (κ3) is 1.97. The van der Waals surface area contributed by atoms with Crippen molar-refractivity contribution >= 4 is 23.2 Å². The van der Waals surface area contributed by atoms with Crippen molar-refractivity contribution in [3.63, 3.8) is 0 Å². The standard InChI is InChI=1S/C15H19Cl2N/c1-18-9-12-4-2-3-7-15(12,10-18)11-5-6-13(16)14(17)8-11/h5-6,8,12H,2-4,7,9-10H2,1H3/t12-,15?/m1/s1. The average molecular weight is 284 g/mol. The summed E-state index contributed by atoms with van der Waals surface area (Å²) >= 11 is 12.3. The van der Waals surface area contributed by atoms with Gasteiger partial charge in [-0.2, -0.15) is 0 Å². The van der Waals surface area contributed by atoms with Crippen LogP contribution in [0.3, 0.4) is 0 Å². The van der Waals surface area contributed by atoms with E-state index in [-0.39, 0.29) is 0 Å². The smallest absolute Gasteiger partial charge is 0.0595 e. The van der Waals surface area contributed by atoms with Gasteiger partial charge in [0.15, 0.2) is 0 Å². The maximum absolute atomic E-state index is 6.21. The molecule has 0 radical (unpaired) electrons. The summed E-state index contributed by atoms with van der Waals surface area (Å²) in [6.07, 6.45) is 5.36. The lowest BCUT2D eigenvalue weighted by atomic mass is 9.64. The lowest BCUT2D eigenvalue weighted by Gasteiger charge is -2.39. The van der Waals surface area contributed by atoms with Gasteiger partial charge in [0.25, 0.3) is 0 Å². The molecule has 1 aromatic carbocycles. The highest BCUT2D eigenvalue weighted by Gasteiger charge is 2.47. The number of likely N-dealkylation sites (N-methyl/N-ethyl adjacent to an activating group) is 1. The second-order valence-electron chi connectivity index (χ2n) is 5.92. The van der Waals surface area contributed by atoms with Crippen LogP contribution < -0.4 is 0 Å². The molecule has 0 amide bonds. The van der Waals surface area contributed by atoms with Crippen LogP contribution in [0.1, 0.15) is 31.2 Å². The van der Waals surface area contributed by atoms with Gasteiger partial charge < -0.3 is 4.90 Å². The van der Waals surface area contributed by atoms with Crippen molar-refractivity contribution in [2.45, 2.75) is 31.1 Å². The van der Waals surface area contributed by atoms with Gasteiger partial charge in [-0.1, -0.05) is 42.1 Å². The summed E-state index contributed by atoms with van der Waals surface area (Å²) in [5.74, 6) is 0.786. The van der Waals surface area contributed by atoms with Gasteiger partial charge in [-0.15, -0.1) is 0 Å². The van der Waals surface area contributed by atoms with Crippen molar-refractivity contribution in [1.82, 2.24) is 4.90 Å². The van der Waals surface area contributed by atoms with E-state index in [1.54, 1.807) is 0 Å². The highest BCUT2D eigenvalue weighted by atomic mass is 35.5. The van der Waals surface area contributed by atoms with Crippen LogP contribution in [0, 0.1) is 5.92 Å². The van der Waals surface area contributed by atoms with Gasteiger partial charge in [0, 0.05) is 18.5 Å². The monoisotopic (exact) mass is 283 g/mol. The van der Waals surface area contributed by atoms with Crippen molar-refractivity contribution in [3.8, 4) is 0 Å². The van der Waals surface area contributed by atoms with Crippen molar-refractivity contribution in [2.24, 2.45) is 5.92 Å². The second-order valence-corrected chi connectivity index (χ2v) is 6.74. The SMILES string of the molecule is CN1C[C@H]2CCCCC2(c2ccc(Cl)c(Cl)c2)C1. The minimum absolute atomic E-state index is 0.321. The Morgan fingerprint density at radius 3 is 2.83 bits per heavy atom. The molecule has 1 unspecified atom stereocenters. The highest BCUT2D eigenvalue weighted by molar-refractivity contribution is 6.42. The average Bonchev–Trinajstić information content (AvgIpc) is 2.69. The summed E-state index contributed by atoms with van der Waals surface area (Å²) in [6.45, 7) is 2.38. The molecule has 2 aliphatic rings. The van der Waals surface area contributed by atoms with Crippen molar-refractivity contribution in [1.29, 1.82) is 0 Å². The van der Waals surface area contributed by atoms with Crippen molar-refractivity contribution in [2.75, 3.05) is 20.1 Å². The van der Waals surface area contributed by atoms with Gasteiger partial charge in [0.05, 0.1) is 10.0 Å². The molecule has 3 heteroatoms. The minimum Gasteiger partial charge on any atom is -0.305 e. The van der Waals surface area contributed by atoms with E-state index in [2.05, 4.69) is 24.1 Å². The molecule has 1 aliphatic heterocycles. The Labute approximate surface area is 119 Å². The first-order valence-corrected chi connectivity index (χ1v) is 7.51. The number of nitrogens with zero attached hydrogens (tertiary/aromatic N) is 1. The topological polar surface area (TPSA) is 3.24 Å². The summed E-state index contributed by atoms with van der Waals surface area (Å²) < 4.78 is 0. The molecule has 98 valence electrons. The largest absolute Gasteiger partial charge is 0.305 e. The molecule has 0 aromatic heterocycles. The lowest BCUT2D eigenvalue weighted by molar-refractivity contribution is 0.242. The minimum atomic E-state index is 0.321. The molecule has 0 N–H and O–H groups in total. The molecule has 1 heterocycles. The van der Waals surface area contributed by atoms with Gasteiger partial charge in [-0.25, -0.2) is 0 Å². The van der Waals surface area contributed by atoms with Gasteiger partial charge in [-0.3, -0.25) is 0 Å². The number of rotatable bonds is 1. The molecular weight excluding hydrogens is 265 g/mol. The molecule has 1 aliphatic carbocycles. The first kappa shape index (κ1) is 12.8. The maximum Gasteiger partial charge on any atom is 0.0595 e. The third-order valence-corrected chi connectivity index (χ3v) is 5.52. The zero-order chi connectivity index (χ0) is 12.8. The fourth-order valence-corrected chi connectivity index (χ4v) is 4.28. The van der Waals surface area contributed by atoms with Crippen LogP contribution in [-0.2, 0) is 5.41 Å². The van der Waals surface area contributed by atoms with Gasteiger partial charge in [-0.05, 0) is 43.5 Å². The molecule has 0 spiro atoms. The number of benzene rings is 1. The van der Waals surface area contributed by atoms with E-state index in [1.165, 1.54) is 37.8 Å². The Balaban J connectivity index is 2.03. The fourth-order valence-electron chi connectivity index (χ4n) is 3.99. The fraction of sp³-hybridized carbons (Fsp3) is 0.600. The van der Waals surface area contributed by atoms with Crippen LogP contribution in [0.4, 0.5) is 0 Å². The maximum atomic E-state index is 6.21. The Morgan fingerprint density at radius 1 is 1.22 bits per heavy atom. The lowest BCUT2D eigenvalue weighted by Crippen LogP contribution is -2.37. The molecule has 3 rings (SSSR count). The molecular formula is C15H19Cl2N. The Kier molecular flexibility index (Phi) is 3.34. The highest BCUT2D eigenvalue weighted by Crippen LogP contribution is 2.49. The van der Waals surface area contributed by atoms with E-state index in [1.807, 2.05) is 6.07 Å². The van der Waals surface area contributed by atoms with E-state index in [9.17, 15) is 0 Å². The Morgan fingerprint density at radius 2 is 2.06 bits per heavy atom. The zero-order valence-corrected chi connectivity index (χ0v) is 12.3. The molecule has 18 heavy (non-hydrogen) atoms. The Bertz CT molecular complexity index is 460. The van der Waals surface area contributed by atoms with E-state index in [4.69, 9.17) is 23.2 Å². The van der Waals surface area contributed by atoms with E-state index < -0.39 is 0 Å². The van der Waals surface area contributed by atoms with E-state index in [0.29, 0.717) is 15.5 Å². The summed E-state index contributed by atoms with van der Waals surface area (Å²) in [7, 11) is 2.23. The molecule has 0 bridgehead atoms. The molecule has 1 saturated heterocycles. The van der Waals surface area contributed by atoms with Crippen LogP contribution in [0.25, 0.3) is 0 Å². The predicted molar refractivity (Wildman–Crippen MR) is 77.6 cm³/mol. The van der Waals surface area contributed by atoms with Crippen LogP contribution in [0.2, 0.25) is 10.0 Å². The first-order valence-electron chi connectivity index (χ1n) is 6.76. The third-order valence-electron chi connectivity index (χ3n) is 4.79. The van der Waals surface area contributed by atoms with Crippen LogP contribution >= 0.6 is 23.2 Å². The first-order chi connectivity index (χ1) is 8.62. The number of fused-ring (bicyclic) bond motifs is 1. The zero-order valence-electron chi connectivity index (χ0n) is 10.8. The van der Waals surface area contributed by atoms with Crippen LogP contribution in [-0.4, -0.2) is 25.0 Å². The molecule has 2 atom stereocenters. The molecule has 1 saturated carbocycles. The van der Waals surface area contributed by atoms with Gasteiger partial charge in [0.2, 0.25) is 0 Å². The second kappa shape index (κ2) is 4.70. The summed E-state index contributed by atoms with van der Waals surface area (Å²) in [6, 6.07) is 6.24. The van der Waals surface area contributed by atoms with E-state index >= 15 is 0 Å². The van der Waals surface area contributed by atoms with Gasteiger partial charge in [0.1, 0.15) is 0 Å². The number of likely N-dealkylation sites (tertiary alicyclic amines) is 1. The van der Waals surface area contributed by atoms with E-state index in [0.717, 1.165) is 12.5 Å².